The minimum atomic E-state index is -3.56. The van der Waals surface area contributed by atoms with E-state index in [1.54, 1.807) is 6.20 Å². The number of nitrogens with two attached hydrogens (primary N) is 1. The van der Waals surface area contributed by atoms with Gasteiger partial charge in [-0.15, -0.1) is 0 Å². The van der Waals surface area contributed by atoms with E-state index in [0.717, 1.165) is 16.3 Å². The molecule has 1 aromatic heterocycles. The van der Waals surface area contributed by atoms with Crippen LogP contribution in [0.4, 0.5) is 5.82 Å². The highest BCUT2D eigenvalue weighted by Gasteiger charge is 2.38. The monoisotopic (exact) mass is 475 g/mol. The number of nitrogen functional groups attached to an aromatic ring is 1. The number of fused-ring (bicyclic) bond motifs is 1. The summed E-state index contributed by atoms with van der Waals surface area (Å²) >= 11 is 0. The van der Waals surface area contributed by atoms with E-state index in [9.17, 15) is 18.0 Å². The molecule has 2 amide bonds. The van der Waals surface area contributed by atoms with E-state index in [-0.39, 0.29) is 23.5 Å². The van der Waals surface area contributed by atoms with Crippen molar-refractivity contribution >= 4 is 38.4 Å². The Morgan fingerprint density at radius 1 is 1.27 bits per heavy atom. The zero-order chi connectivity index (χ0) is 24.2. The Balaban J connectivity index is 1.69. The molecule has 2 atom stereocenters. The number of hydrogen-bond donors (Lipinski definition) is 3. The standard InChI is InChI=1S/C23H33N5O4S/c1-4-33(31,32)27-19(12-15(2)3)23(30)28-11-5-6-20(28)22(29)26-14-16-7-8-18-17(13-16)9-10-25-21(18)24/h7-10,13,15,19-20,27H,4-6,11-12,14H2,1-3H3,(H2,24,25)(H,26,29)/t19-,20+/m1/s1. The molecule has 0 aliphatic carbocycles. The highest BCUT2D eigenvalue weighted by atomic mass is 32.2. The van der Waals surface area contributed by atoms with E-state index < -0.39 is 22.1 Å². The Kier molecular flexibility index (Phi) is 7.91. The Bertz CT molecular complexity index is 1120. The van der Waals surface area contributed by atoms with Gasteiger partial charge in [0.05, 0.1) is 5.75 Å². The molecule has 4 N–H and O–H groups in total. The van der Waals surface area contributed by atoms with Crippen molar-refractivity contribution in [2.75, 3.05) is 18.0 Å². The zero-order valence-corrected chi connectivity index (χ0v) is 20.2. The van der Waals surface area contributed by atoms with Crippen molar-refractivity contribution in [3.05, 3.63) is 36.0 Å². The number of rotatable bonds is 9. The number of amides is 2. The van der Waals surface area contributed by atoms with Gasteiger partial charge in [-0.2, -0.15) is 0 Å². The van der Waals surface area contributed by atoms with Crippen LogP contribution >= 0.6 is 0 Å². The maximum Gasteiger partial charge on any atom is 0.243 e. The van der Waals surface area contributed by atoms with Gasteiger partial charge in [0.15, 0.2) is 0 Å². The molecule has 33 heavy (non-hydrogen) atoms. The molecule has 0 spiro atoms. The number of anilines is 1. The second-order valence-electron chi connectivity index (χ2n) is 8.86. The number of benzene rings is 1. The van der Waals surface area contributed by atoms with Crippen LogP contribution in [-0.4, -0.2) is 54.5 Å². The van der Waals surface area contributed by atoms with Gasteiger partial charge in [0, 0.05) is 24.7 Å². The lowest BCUT2D eigenvalue weighted by molar-refractivity contribution is -0.140. The van der Waals surface area contributed by atoms with Crippen molar-refractivity contribution < 1.29 is 18.0 Å². The third-order valence-electron chi connectivity index (χ3n) is 5.87. The quantitative estimate of drug-likeness (QED) is 0.506. The summed E-state index contributed by atoms with van der Waals surface area (Å²) in [5.41, 5.74) is 6.80. The SMILES string of the molecule is CCS(=O)(=O)N[C@H](CC(C)C)C(=O)N1CCC[C@H]1C(=O)NCc1ccc2c(N)nccc2c1. The molecule has 10 heteroatoms. The molecule has 1 aromatic carbocycles. The van der Waals surface area contributed by atoms with Crippen LogP contribution in [0.25, 0.3) is 10.8 Å². The second kappa shape index (κ2) is 10.5. The van der Waals surface area contributed by atoms with E-state index in [0.29, 0.717) is 38.2 Å². The molecule has 2 heterocycles. The summed E-state index contributed by atoms with van der Waals surface area (Å²) in [6, 6.07) is 6.09. The van der Waals surface area contributed by atoms with Gasteiger partial charge in [-0.1, -0.05) is 26.0 Å². The number of carbonyl (C=O) groups is 2. The Labute approximate surface area is 195 Å². The molecule has 1 aliphatic rings. The number of nitrogens with one attached hydrogen (secondary N) is 2. The van der Waals surface area contributed by atoms with Crippen LogP contribution in [0.1, 0.15) is 45.6 Å². The molecule has 9 nitrogen and oxygen atoms in total. The first kappa shape index (κ1) is 24.9. The normalized spacial score (nSPS) is 17.5. The number of sulfonamides is 1. The molecular weight excluding hydrogens is 442 g/mol. The summed E-state index contributed by atoms with van der Waals surface area (Å²) in [6.07, 6.45) is 3.26. The van der Waals surface area contributed by atoms with E-state index in [4.69, 9.17) is 5.73 Å². The van der Waals surface area contributed by atoms with Gasteiger partial charge in [0.25, 0.3) is 0 Å². The van der Waals surface area contributed by atoms with Crippen LogP contribution in [-0.2, 0) is 26.2 Å². The van der Waals surface area contributed by atoms with E-state index in [1.807, 2.05) is 38.1 Å². The molecular formula is C23H33N5O4S. The van der Waals surface area contributed by atoms with E-state index >= 15 is 0 Å². The Morgan fingerprint density at radius 3 is 2.73 bits per heavy atom. The average molecular weight is 476 g/mol. The summed E-state index contributed by atoms with van der Waals surface area (Å²) in [4.78, 5) is 31.8. The first-order chi connectivity index (χ1) is 15.6. The molecule has 0 radical (unpaired) electrons. The maximum absolute atomic E-state index is 13.2. The molecule has 0 bridgehead atoms. The fourth-order valence-electron chi connectivity index (χ4n) is 4.14. The summed E-state index contributed by atoms with van der Waals surface area (Å²) in [6.45, 7) is 6.14. The van der Waals surface area contributed by atoms with Crippen LogP contribution in [0.2, 0.25) is 0 Å². The van der Waals surface area contributed by atoms with Crippen molar-refractivity contribution in [1.82, 2.24) is 19.9 Å². The predicted molar refractivity (Wildman–Crippen MR) is 129 cm³/mol. The van der Waals surface area contributed by atoms with Gasteiger partial charge < -0.3 is 16.0 Å². The van der Waals surface area contributed by atoms with Crippen molar-refractivity contribution in [2.24, 2.45) is 5.92 Å². The van der Waals surface area contributed by atoms with Crippen molar-refractivity contribution in [3.8, 4) is 0 Å². The molecule has 0 unspecified atom stereocenters. The van der Waals surface area contributed by atoms with Crippen LogP contribution < -0.4 is 15.8 Å². The summed E-state index contributed by atoms with van der Waals surface area (Å²) in [5.74, 6) is -0.112. The third kappa shape index (κ3) is 6.20. The lowest BCUT2D eigenvalue weighted by Gasteiger charge is -2.29. The number of nitrogens with zero attached hydrogens (tertiary/aromatic N) is 2. The number of aromatic nitrogens is 1. The van der Waals surface area contributed by atoms with Crippen molar-refractivity contribution in [2.45, 2.75) is 58.7 Å². The molecule has 180 valence electrons. The van der Waals surface area contributed by atoms with E-state index in [1.165, 1.54) is 11.8 Å². The smallest absolute Gasteiger partial charge is 0.243 e. The minimum Gasteiger partial charge on any atom is -0.383 e. The number of likely N-dealkylation sites (tertiary alicyclic amines) is 1. The fraction of sp³-hybridized carbons (Fsp3) is 0.522. The largest absolute Gasteiger partial charge is 0.383 e. The molecule has 1 saturated heterocycles. The molecule has 1 fully saturated rings. The van der Waals surface area contributed by atoms with Crippen LogP contribution in [0.5, 0.6) is 0 Å². The first-order valence-corrected chi connectivity index (χ1v) is 13.0. The highest BCUT2D eigenvalue weighted by molar-refractivity contribution is 7.89. The fourth-order valence-corrected chi connectivity index (χ4v) is 4.94. The maximum atomic E-state index is 13.2. The molecule has 2 aromatic rings. The highest BCUT2D eigenvalue weighted by Crippen LogP contribution is 2.22. The van der Waals surface area contributed by atoms with Crippen molar-refractivity contribution in [3.63, 3.8) is 0 Å². The molecule has 1 aliphatic heterocycles. The van der Waals surface area contributed by atoms with Gasteiger partial charge in [-0.05, 0) is 55.2 Å². The summed E-state index contributed by atoms with van der Waals surface area (Å²) < 4.78 is 26.8. The summed E-state index contributed by atoms with van der Waals surface area (Å²) in [5, 5.41) is 4.72. The second-order valence-corrected chi connectivity index (χ2v) is 10.9. The third-order valence-corrected chi connectivity index (χ3v) is 7.28. The number of carbonyl (C=O) groups excluding carboxylic acids is 2. The average Bonchev–Trinajstić information content (AvgIpc) is 3.26. The lowest BCUT2D eigenvalue weighted by atomic mass is 10.0. The van der Waals surface area contributed by atoms with Crippen molar-refractivity contribution in [1.29, 1.82) is 0 Å². The number of pyridine rings is 1. The van der Waals surface area contributed by atoms with Crippen LogP contribution in [0.3, 0.4) is 0 Å². The lowest BCUT2D eigenvalue weighted by Crippen LogP contribution is -2.53. The van der Waals surface area contributed by atoms with Gasteiger partial charge in [-0.25, -0.2) is 18.1 Å². The Morgan fingerprint density at radius 2 is 2.03 bits per heavy atom. The molecule has 3 rings (SSSR count). The first-order valence-electron chi connectivity index (χ1n) is 11.3. The van der Waals surface area contributed by atoms with Gasteiger partial charge in [0.1, 0.15) is 17.9 Å². The van der Waals surface area contributed by atoms with E-state index in [2.05, 4.69) is 15.0 Å². The minimum absolute atomic E-state index is 0.105. The predicted octanol–water partition coefficient (Wildman–Crippen LogP) is 1.78. The van der Waals surface area contributed by atoms with Gasteiger partial charge >= 0.3 is 0 Å². The summed E-state index contributed by atoms with van der Waals surface area (Å²) in [7, 11) is -3.56. The topological polar surface area (TPSA) is 134 Å². The van der Waals surface area contributed by atoms with Gasteiger partial charge in [-0.3, -0.25) is 9.59 Å². The van der Waals surface area contributed by atoms with Gasteiger partial charge in [0.2, 0.25) is 21.8 Å². The zero-order valence-electron chi connectivity index (χ0n) is 19.4. The van der Waals surface area contributed by atoms with Crippen LogP contribution in [0.15, 0.2) is 30.5 Å². The van der Waals surface area contributed by atoms with Crippen LogP contribution in [0, 0.1) is 5.92 Å². The molecule has 0 saturated carbocycles. The number of hydrogen-bond acceptors (Lipinski definition) is 6. The Hall–Kier alpha value is -2.72.